The minimum absolute atomic E-state index is 0.614. The van der Waals surface area contributed by atoms with Crippen LogP contribution in [0, 0.1) is 0 Å². The van der Waals surface area contributed by atoms with Gasteiger partial charge >= 0.3 is 0 Å². The first-order valence-electron chi connectivity index (χ1n) is 7.59. The largest absolute Gasteiger partial charge is 0.497 e. The Morgan fingerprint density at radius 2 is 2.27 bits per heavy atom. The van der Waals surface area contributed by atoms with Crippen molar-refractivity contribution in [2.75, 3.05) is 40.8 Å². The van der Waals surface area contributed by atoms with Gasteiger partial charge < -0.3 is 14.7 Å². The molecule has 0 saturated carbocycles. The summed E-state index contributed by atoms with van der Waals surface area (Å²) in [6, 6.07) is 5.88. The molecule has 0 radical (unpaired) electrons. The van der Waals surface area contributed by atoms with E-state index in [1.807, 2.05) is 37.2 Å². The molecule has 3 rings (SSSR count). The zero-order valence-electron chi connectivity index (χ0n) is 13.5. The number of benzene rings is 1. The maximum atomic E-state index is 10.6. The lowest BCUT2D eigenvalue weighted by Gasteiger charge is -2.26. The number of likely N-dealkylation sites (N-methyl/N-ethyl adjacent to an activating group) is 1. The second-order valence-corrected chi connectivity index (χ2v) is 6.51. The monoisotopic (exact) mass is 304 g/mol. The molecule has 1 aliphatic rings. The minimum Gasteiger partial charge on any atom is -0.497 e. The third-order valence-corrected chi connectivity index (χ3v) is 4.24. The molecule has 0 bridgehead atoms. The van der Waals surface area contributed by atoms with Gasteiger partial charge in [0, 0.05) is 31.6 Å². The molecular weight excluding hydrogens is 280 g/mol. The quantitative estimate of drug-likeness (QED) is 0.865. The van der Waals surface area contributed by atoms with E-state index in [1.54, 1.807) is 7.11 Å². The van der Waals surface area contributed by atoms with E-state index >= 15 is 0 Å². The predicted molar refractivity (Wildman–Crippen MR) is 86.0 cm³/mol. The Bertz CT molecular complexity index is 655. The van der Waals surface area contributed by atoms with Crippen LogP contribution in [0.15, 0.2) is 18.2 Å². The molecule has 6 nitrogen and oxygen atoms in total. The summed E-state index contributed by atoms with van der Waals surface area (Å²) in [4.78, 5) is 4.32. The molecular formula is C16H24N4O2. The second kappa shape index (κ2) is 5.87. The Morgan fingerprint density at radius 3 is 3.00 bits per heavy atom. The van der Waals surface area contributed by atoms with Crippen LogP contribution in [0.1, 0.15) is 12.1 Å². The molecule has 1 fully saturated rings. The number of hydrogen-bond acceptors (Lipinski definition) is 5. The van der Waals surface area contributed by atoms with E-state index in [0.29, 0.717) is 13.1 Å². The fourth-order valence-corrected chi connectivity index (χ4v) is 3.31. The Hall–Kier alpha value is -1.63. The van der Waals surface area contributed by atoms with Crippen LogP contribution in [0.2, 0.25) is 0 Å². The van der Waals surface area contributed by atoms with Gasteiger partial charge in [-0.25, -0.2) is 0 Å². The van der Waals surface area contributed by atoms with Gasteiger partial charge in [-0.15, -0.1) is 0 Å². The first kappa shape index (κ1) is 15.3. The van der Waals surface area contributed by atoms with Crippen LogP contribution >= 0.6 is 0 Å². The van der Waals surface area contributed by atoms with Gasteiger partial charge in [0.15, 0.2) is 0 Å². The molecule has 0 aliphatic carbocycles. The molecule has 6 heteroatoms. The van der Waals surface area contributed by atoms with Crippen LogP contribution in [0.5, 0.6) is 5.75 Å². The maximum absolute atomic E-state index is 10.6. The SMILES string of the molecule is COc1ccc2n[nH]c(CN3CCC(O)(CN(C)C)C3)c2c1. The summed E-state index contributed by atoms with van der Waals surface area (Å²) in [5, 5.41) is 19.2. The van der Waals surface area contributed by atoms with Crippen LogP contribution in [0.4, 0.5) is 0 Å². The van der Waals surface area contributed by atoms with Gasteiger partial charge in [-0.2, -0.15) is 5.10 Å². The van der Waals surface area contributed by atoms with Gasteiger partial charge in [0.1, 0.15) is 5.75 Å². The van der Waals surface area contributed by atoms with E-state index in [-0.39, 0.29) is 0 Å². The normalized spacial score (nSPS) is 22.8. The molecule has 1 saturated heterocycles. The highest BCUT2D eigenvalue weighted by Crippen LogP contribution is 2.27. The minimum atomic E-state index is -0.614. The van der Waals surface area contributed by atoms with E-state index in [2.05, 4.69) is 15.1 Å². The van der Waals surface area contributed by atoms with E-state index in [9.17, 15) is 5.11 Å². The van der Waals surface area contributed by atoms with Crippen molar-refractivity contribution in [2.45, 2.75) is 18.6 Å². The molecule has 1 aliphatic heterocycles. The van der Waals surface area contributed by atoms with E-state index in [1.165, 1.54) is 0 Å². The molecule has 120 valence electrons. The van der Waals surface area contributed by atoms with Crippen LogP contribution in [0.25, 0.3) is 10.9 Å². The number of β-amino-alcohol motifs (C(OH)–C–C–N with tert-alkyl or cyclic N) is 1. The van der Waals surface area contributed by atoms with Crippen LogP contribution in [0.3, 0.4) is 0 Å². The maximum Gasteiger partial charge on any atom is 0.119 e. The highest BCUT2D eigenvalue weighted by Gasteiger charge is 2.36. The zero-order valence-corrected chi connectivity index (χ0v) is 13.5. The topological polar surface area (TPSA) is 64.6 Å². The standard InChI is InChI=1S/C16H24N4O2/c1-19(2)10-16(21)6-7-20(11-16)9-15-13-8-12(22-3)4-5-14(13)17-18-15/h4-5,8,21H,6-7,9-11H2,1-3H3,(H,17,18). The summed E-state index contributed by atoms with van der Waals surface area (Å²) in [7, 11) is 5.66. The van der Waals surface area contributed by atoms with Crippen molar-refractivity contribution < 1.29 is 9.84 Å². The van der Waals surface area contributed by atoms with Gasteiger partial charge in [-0.1, -0.05) is 0 Å². The van der Waals surface area contributed by atoms with E-state index < -0.39 is 5.60 Å². The third kappa shape index (κ3) is 3.09. The van der Waals surface area contributed by atoms with Gasteiger partial charge in [0.25, 0.3) is 0 Å². The number of ether oxygens (including phenoxy) is 1. The van der Waals surface area contributed by atoms with Crippen molar-refractivity contribution >= 4 is 10.9 Å². The van der Waals surface area contributed by atoms with Gasteiger partial charge in [-0.3, -0.25) is 10.00 Å². The molecule has 0 spiro atoms. The zero-order chi connectivity index (χ0) is 15.7. The van der Waals surface area contributed by atoms with Crippen molar-refractivity contribution in [3.63, 3.8) is 0 Å². The van der Waals surface area contributed by atoms with Crippen molar-refractivity contribution in [3.8, 4) is 5.75 Å². The number of rotatable bonds is 5. The van der Waals surface area contributed by atoms with E-state index in [4.69, 9.17) is 4.74 Å². The first-order valence-corrected chi connectivity index (χ1v) is 7.59. The number of aliphatic hydroxyl groups is 1. The molecule has 2 N–H and O–H groups in total. The number of aromatic nitrogens is 2. The van der Waals surface area contributed by atoms with Crippen molar-refractivity contribution in [3.05, 3.63) is 23.9 Å². The highest BCUT2D eigenvalue weighted by molar-refractivity contribution is 5.82. The molecule has 2 heterocycles. The predicted octanol–water partition coefficient (Wildman–Crippen LogP) is 1.07. The lowest BCUT2D eigenvalue weighted by atomic mass is 10.0. The number of nitrogens with zero attached hydrogens (tertiary/aromatic N) is 3. The molecule has 1 unspecified atom stereocenters. The highest BCUT2D eigenvalue weighted by atomic mass is 16.5. The number of methoxy groups -OCH3 is 1. The average molecular weight is 304 g/mol. The number of fused-ring (bicyclic) bond motifs is 1. The summed E-state index contributed by atoms with van der Waals surface area (Å²) in [5.41, 5.74) is 1.40. The fourth-order valence-electron chi connectivity index (χ4n) is 3.31. The van der Waals surface area contributed by atoms with Crippen molar-refractivity contribution in [2.24, 2.45) is 0 Å². The fraction of sp³-hybridized carbons (Fsp3) is 0.562. The van der Waals surface area contributed by atoms with Crippen molar-refractivity contribution in [1.29, 1.82) is 0 Å². The average Bonchev–Trinajstić information content (AvgIpc) is 3.02. The Kier molecular flexibility index (Phi) is 4.08. The van der Waals surface area contributed by atoms with Crippen LogP contribution in [-0.4, -0.2) is 71.5 Å². The van der Waals surface area contributed by atoms with E-state index in [0.717, 1.165) is 41.9 Å². The Balaban J connectivity index is 1.74. The number of likely N-dealkylation sites (tertiary alicyclic amines) is 1. The Labute approximate surface area is 130 Å². The Morgan fingerprint density at radius 1 is 1.45 bits per heavy atom. The summed E-state index contributed by atoms with van der Waals surface area (Å²) < 4.78 is 5.29. The second-order valence-electron chi connectivity index (χ2n) is 6.51. The lowest BCUT2D eigenvalue weighted by Crippen LogP contribution is -2.42. The first-order chi connectivity index (χ1) is 10.5. The van der Waals surface area contributed by atoms with Crippen molar-refractivity contribution in [1.82, 2.24) is 20.0 Å². The van der Waals surface area contributed by atoms with Gasteiger partial charge in [0.05, 0.1) is 23.9 Å². The third-order valence-electron chi connectivity index (χ3n) is 4.24. The molecule has 22 heavy (non-hydrogen) atoms. The molecule has 2 aromatic rings. The summed E-state index contributed by atoms with van der Waals surface area (Å²) >= 11 is 0. The summed E-state index contributed by atoms with van der Waals surface area (Å²) in [6.45, 7) is 3.05. The van der Waals surface area contributed by atoms with Crippen LogP contribution < -0.4 is 4.74 Å². The van der Waals surface area contributed by atoms with Gasteiger partial charge in [-0.05, 0) is 38.7 Å². The summed E-state index contributed by atoms with van der Waals surface area (Å²) in [5.74, 6) is 0.834. The number of hydrogen-bond donors (Lipinski definition) is 2. The number of aromatic amines is 1. The number of nitrogens with one attached hydrogen (secondary N) is 1. The van der Waals surface area contributed by atoms with Gasteiger partial charge in [0.2, 0.25) is 0 Å². The smallest absolute Gasteiger partial charge is 0.119 e. The lowest BCUT2D eigenvalue weighted by molar-refractivity contribution is 0.0239. The molecule has 0 amide bonds. The summed E-state index contributed by atoms with van der Waals surface area (Å²) in [6.07, 6.45) is 0.806. The molecule has 1 aromatic carbocycles. The van der Waals surface area contributed by atoms with Crippen LogP contribution in [-0.2, 0) is 6.54 Å². The number of H-pyrrole nitrogens is 1. The molecule has 1 aromatic heterocycles. The molecule has 1 atom stereocenters.